The monoisotopic (exact) mass is 363 g/mol. The van der Waals surface area contributed by atoms with Gasteiger partial charge in [-0.1, -0.05) is 41.6 Å². The molecule has 0 aromatic heterocycles. The van der Waals surface area contributed by atoms with Gasteiger partial charge in [0.1, 0.15) is 23.8 Å². The van der Waals surface area contributed by atoms with E-state index in [4.69, 9.17) is 9.57 Å². The Balaban J connectivity index is 1.67. The van der Waals surface area contributed by atoms with Crippen molar-refractivity contribution in [2.45, 2.75) is 6.61 Å². The van der Waals surface area contributed by atoms with Crippen molar-refractivity contribution >= 4 is 11.5 Å². The zero-order valence-electron chi connectivity index (χ0n) is 15.6. The highest BCUT2D eigenvalue weighted by molar-refractivity contribution is 6.28. The Morgan fingerprint density at radius 1 is 0.963 bits per heavy atom. The molecule has 138 valence electrons. The third-order valence-electron chi connectivity index (χ3n) is 4.82. The predicted molar refractivity (Wildman–Crippen MR) is 103 cm³/mol. The standard InChI is InChI=1S/C21H21N3O3/c1-23-13-24(2)20-19(23)18(16-6-4-5-7-17(16)21(20)25)22-27-12-14-8-10-15(26-3)11-9-14/h4-11H,12-13H2,1-3H3. The molecule has 0 radical (unpaired) electrons. The van der Waals surface area contributed by atoms with Crippen molar-refractivity contribution < 1.29 is 14.4 Å². The normalized spacial score (nSPS) is 17.3. The van der Waals surface area contributed by atoms with E-state index in [9.17, 15) is 4.79 Å². The van der Waals surface area contributed by atoms with E-state index >= 15 is 0 Å². The van der Waals surface area contributed by atoms with Gasteiger partial charge in [0.2, 0.25) is 5.78 Å². The maximum Gasteiger partial charge on any atom is 0.211 e. The van der Waals surface area contributed by atoms with Crippen molar-refractivity contribution in [3.05, 3.63) is 76.6 Å². The van der Waals surface area contributed by atoms with Gasteiger partial charge in [0.15, 0.2) is 0 Å². The second kappa shape index (κ2) is 6.79. The average Bonchev–Trinajstić information content (AvgIpc) is 2.99. The van der Waals surface area contributed by atoms with Crippen LogP contribution in [-0.4, -0.2) is 49.2 Å². The SMILES string of the molecule is COc1ccc(CON=C2C3=C(C(=O)c4ccccc42)N(C)CN3C)cc1. The van der Waals surface area contributed by atoms with Crippen molar-refractivity contribution in [3.63, 3.8) is 0 Å². The fourth-order valence-corrected chi connectivity index (χ4v) is 3.52. The molecule has 0 spiro atoms. The number of Topliss-reactive ketones (excluding diaryl/α,β-unsaturated/α-hetero) is 1. The number of hydrogen-bond donors (Lipinski definition) is 0. The molecule has 0 atom stereocenters. The smallest absolute Gasteiger partial charge is 0.211 e. The van der Waals surface area contributed by atoms with Gasteiger partial charge in [-0.05, 0) is 17.7 Å². The summed E-state index contributed by atoms with van der Waals surface area (Å²) in [6, 6.07) is 15.2. The molecule has 2 aromatic rings. The van der Waals surface area contributed by atoms with Crippen molar-refractivity contribution in [3.8, 4) is 5.75 Å². The van der Waals surface area contributed by atoms with Gasteiger partial charge in [0.25, 0.3) is 0 Å². The number of likely N-dealkylation sites (N-methyl/N-ethyl adjacent to an activating group) is 2. The third kappa shape index (κ3) is 2.93. The van der Waals surface area contributed by atoms with Crippen LogP contribution in [0.4, 0.5) is 0 Å². The van der Waals surface area contributed by atoms with Gasteiger partial charge in [-0.15, -0.1) is 0 Å². The van der Waals surface area contributed by atoms with Crippen LogP contribution in [0.5, 0.6) is 5.75 Å². The number of allylic oxidation sites excluding steroid dienone is 2. The molecule has 0 N–H and O–H groups in total. The highest BCUT2D eigenvalue weighted by Gasteiger charge is 2.39. The summed E-state index contributed by atoms with van der Waals surface area (Å²) >= 11 is 0. The highest BCUT2D eigenvalue weighted by atomic mass is 16.6. The molecular weight excluding hydrogens is 342 g/mol. The summed E-state index contributed by atoms with van der Waals surface area (Å²) in [6.07, 6.45) is 0. The van der Waals surface area contributed by atoms with E-state index in [0.29, 0.717) is 30.2 Å². The van der Waals surface area contributed by atoms with E-state index in [0.717, 1.165) is 22.6 Å². The zero-order valence-corrected chi connectivity index (χ0v) is 15.6. The van der Waals surface area contributed by atoms with Gasteiger partial charge in [-0.3, -0.25) is 4.79 Å². The topological polar surface area (TPSA) is 54.4 Å². The number of methoxy groups -OCH3 is 1. The third-order valence-corrected chi connectivity index (χ3v) is 4.82. The van der Waals surface area contributed by atoms with Crippen molar-refractivity contribution in [2.75, 3.05) is 27.9 Å². The molecule has 0 fully saturated rings. The maximum atomic E-state index is 12.9. The van der Waals surface area contributed by atoms with E-state index in [-0.39, 0.29) is 5.78 Å². The number of nitrogens with zero attached hydrogens (tertiary/aromatic N) is 3. The number of fused-ring (bicyclic) bond motifs is 1. The number of hydrogen-bond acceptors (Lipinski definition) is 6. The number of ether oxygens (including phenoxy) is 1. The first-order valence-electron chi connectivity index (χ1n) is 8.74. The van der Waals surface area contributed by atoms with E-state index in [1.165, 1.54) is 0 Å². The van der Waals surface area contributed by atoms with Crippen LogP contribution in [0, 0.1) is 0 Å². The van der Waals surface area contributed by atoms with Crippen LogP contribution in [0.1, 0.15) is 21.5 Å². The Morgan fingerprint density at radius 2 is 1.63 bits per heavy atom. The summed E-state index contributed by atoms with van der Waals surface area (Å²) in [4.78, 5) is 22.6. The number of ketones is 1. The molecule has 0 amide bonds. The van der Waals surface area contributed by atoms with Crippen LogP contribution in [0.25, 0.3) is 0 Å². The van der Waals surface area contributed by atoms with Crippen LogP contribution >= 0.6 is 0 Å². The fourth-order valence-electron chi connectivity index (χ4n) is 3.52. The maximum absolute atomic E-state index is 12.9. The van der Waals surface area contributed by atoms with Crippen molar-refractivity contribution in [1.82, 2.24) is 9.80 Å². The van der Waals surface area contributed by atoms with Gasteiger partial charge in [0, 0.05) is 25.2 Å². The van der Waals surface area contributed by atoms with Crippen LogP contribution in [0.2, 0.25) is 0 Å². The Labute approximate surface area is 158 Å². The number of benzene rings is 2. The molecule has 6 heteroatoms. The highest BCUT2D eigenvalue weighted by Crippen LogP contribution is 2.33. The van der Waals surface area contributed by atoms with E-state index < -0.39 is 0 Å². The van der Waals surface area contributed by atoms with E-state index in [2.05, 4.69) is 5.16 Å². The molecule has 4 rings (SSSR count). The van der Waals surface area contributed by atoms with E-state index in [1.54, 1.807) is 7.11 Å². The van der Waals surface area contributed by atoms with Crippen molar-refractivity contribution in [1.29, 1.82) is 0 Å². The minimum atomic E-state index is 0.0292. The molecule has 0 saturated carbocycles. The first-order chi connectivity index (χ1) is 13.1. The molecule has 2 aromatic carbocycles. The van der Waals surface area contributed by atoms with Crippen molar-refractivity contribution in [2.24, 2.45) is 5.16 Å². The molecule has 6 nitrogen and oxygen atoms in total. The Morgan fingerprint density at radius 3 is 2.33 bits per heavy atom. The zero-order chi connectivity index (χ0) is 19.0. The second-order valence-corrected chi connectivity index (χ2v) is 6.67. The lowest BCUT2D eigenvalue weighted by Gasteiger charge is -2.22. The minimum absolute atomic E-state index is 0.0292. The summed E-state index contributed by atoms with van der Waals surface area (Å²) < 4.78 is 5.17. The molecular formula is C21H21N3O3. The lowest BCUT2D eigenvalue weighted by molar-refractivity contribution is 0.1000. The molecule has 1 heterocycles. The van der Waals surface area contributed by atoms with Gasteiger partial charge in [0.05, 0.1) is 19.5 Å². The fraction of sp³-hybridized carbons (Fsp3) is 0.238. The summed E-state index contributed by atoms with van der Waals surface area (Å²) in [7, 11) is 5.51. The molecule has 0 bridgehead atoms. The summed E-state index contributed by atoms with van der Waals surface area (Å²) in [6.45, 7) is 0.980. The largest absolute Gasteiger partial charge is 0.497 e. The Kier molecular flexibility index (Phi) is 4.32. The van der Waals surface area contributed by atoms with Crippen LogP contribution in [0.3, 0.4) is 0 Å². The summed E-state index contributed by atoms with van der Waals surface area (Å²) in [5.74, 6) is 0.830. The summed E-state index contributed by atoms with van der Waals surface area (Å²) in [5, 5.41) is 4.43. The predicted octanol–water partition coefficient (Wildman–Crippen LogP) is 2.86. The minimum Gasteiger partial charge on any atom is -0.497 e. The lowest BCUT2D eigenvalue weighted by atomic mass is 9.90. The molecule has 0 saturated heterocycles. The number of rotatable bonds is 4. The first kappa shape index (κ1) is 17.1. The van der Waals surface area contributed by atoms with Gasteiger partial charge in [-0.2, -0.15) is 0 Å². The molecule has 1 aliphatic carbocycles. The number of oxime groups is 1. The van der Waals surface area contributed by atoms with Crippen LogP contribution < -0.4 is 4.74 Å². The lowest BCUT2D eigenvalue weighted by Crippen LogP contribution is -2.27. The quantitative estimate of drug-likeness (QED) is 0.782. The van der Waals surface area contributed by atoms with Gasteiger partial charge in [-0.25, -0.2) is 0 Å². The number of carbonyl (C=O) groups is 1. The average molecular weight is 363 g/mol. The Hall–Kier alpha value is -3.28. The van der Waals surface area contributed by atoms with Gasteiger partial charge >= 0.3 is 0 Å². The molecule has 27 heavy (non-hydrogen) atoms. The second-order valence-electron chi connectivity index (χ2n) is 6.67. The van der Waals surface area contributed by atoms with E-state index in [1.807, 2.05) is 72.4 Å². The molecule has 0 unspecified atom stereocenters. The summed E-state index contributed by atoms with van der Waals surface area (Å²) in [5.41, 5.74) is 4.63. The molecule has 2 aliphatic rings. The number of carbonyl (C=O) groups excluding carboxylic acids is 1. The van der Waals surface area contributed by atoms with Crippen LogP contribution in [-0.2, 0) is 11.4 Å². The first-order valence-corrected chi connectivity index (χ1v) is 8.74. The molecule has 1 aliphatic heterocycles. The Bertz CT molecular complexity index is 947. The van der Waals surface area contributed by atoms with Gasteiger partial charge < -0.3 is 19.4 Å². The van der Waals surface area contributed by atoms with Crippen LogP contribution in [0.15, 0.2) is 65.1 Å².